The maximum absolute atomic E-state index is 11.7. The van der Waals surface area contributed by atoms with E-state index >= 15 is 0 Å². The zero-order chi connectivity index (χ0) is 15.9. The number of ether oxygens (including phenoxy) is 1. The van der Waals surface area contributed by atoms with Crippen LogP contribution in [-0.2, 0) is 4.74 Å². The lowest BCUT2D eigenvalue weighted by molar-refractivity contribution is -0.385. The van der Waals surface area contributed by atoms with E-state index in [1.807, 2.05) is 0 Å². The van der Waals surface area contributed by atoms with Gasteiger partial charge in [-0.3, -0.25) is 10.1 Å². The first-order valence-electron chi connectivity index (χ1n) is 6.20. The smallest absolute Gasteiger partial charge is 0.344 e. The Morgan fingerprint density at radius 3 is 2.45 bits per heavy atom. The van der Waals surface area contributed by atoms with E-state index in [4.69, 9.17) is 4.74 Å². The van der Waals surface area contributed by atoms with Gasteiger partial charge in [-0.2, -0.15) is 0 Å². The molecular weight excluding hydrogens is 290 g/mol. The van der Waals surface area contributed by atoms with Crippen molar-refractivity contribution in [3.8, 4) is 11.5 Å². The Labute approximate surface area is 123 Å². The van der Waals surface area contributed by atoms with Gasteiger partial charge < -0.3 is 14.9 Å². The van der Waals surface area contributed by atoms with Gasteiger partial charge in [0.05, 0.1) is 16.1 Å². The average Bonchev–Trinajstić information content (AvgIpc) is 2.74. The number of hydrogen-bond donors (Lipinski definition) is 2. The van der Waals surface area contributed by atoms with Gasteiger partial charge >= 0.3 is 5.97 Å². The molecule has 0 radical (unpaired) electrons. The molecule has 1 heterocycles. The van der Waals surface area contributed by atoms with Crippen molar-refractivity contribution in [1.82, 2.24) is 0 Å². The molecule has 0 spiro atoms. The molecule has 7 heteroatoms. The second-order valence-electron chi connectivity index (χ2n) is 4.63. The molecule has 7 nitrogen and oxygen atoms in total. The first kappa shape index (κ1) is 13.6. The number of nitro benzene ring substituents is 1. The zero-order valence-corrected chi connectivity index (χ0v) is 11.0. The van der Waals surface area contributed by atoms with Crippen molar-refractivity contribution in [3.05, 3.63) is 63.2 Å². The third-order valence-electron chi connectivity index (χ3n) is 3.19. The molecule has 1 aliphatic heterocycles. The Balaban J connectivity index is 2.14. The van der Waals surface area contributed by atoms with Gasteiger partial charge in [-0.1, -0.05) is 0 Å². The van der Waals surface area contributed by atoms with Crippen LogP contribution in [0.15, 0.2) is 36.4 Å². The number of carbonyl (C=O) groups excluding carboxylic acids is 1. The highest BCUT2D eigenvalue weighted by molar-refractivity contribution is 6.06. The lowest BCUT2D eigenvalue weighted by atomic mass is 10.1. The number of aromatic hydroxyl groups is 2. The number of nitro groups is 1. The quantitative estimate of drug-likeness (QED) is 0.501. The van der Waals surface area contributed by atoms with Crippen molar-refractivity contribution in [2.75, 3.05) is 0 Å². The molecule has 2 aromatic rings. The summed E-state index contributed by atoms with van der Waals surface area (Å²) in [6, 6.07) is 7.69. The van der Waals surface area contributed by atoms with E-state index in [-0.39, 0.29) is 34.1 Å². The molecule has 0 fully saturated rings. The summed E-state index contributed by atoms with van der Waals surface area (Å²) in [7, 11) is 0. The van der Waals surface area contributed by atoms with Crippen LogP contribution in [0.25, 0.3) is 11.8 Å². The number of benzene rings is 2. The Morgan fingerprint density at radius 1 is 1.05 bits per heavy atom. The fourth-order valence-electron chi connectivity index (χ4n) is 2.20. The van der Waals surface area contributed by atoms with Crippen LogP contribution in [0.1, 0.15) is 21.5 Å². The van der Waals surface area contributed by atoms with E-state index < -0.39 is 10.9 Å². The van der Waals surface area contributed by atoms with Crippen molar-refractivity contribution in [2.24, 2.45) is 0 Å². The summed E-state index contributed by atoms with van der Waals surface area (Å²) < 4.78 is 5.07. The summed E-state index contributed by atoms with van der Waals surface area (Å²) in [5.74, 6) is -0.762. The highest BCUT2D eigenvalue weighted by atomic mass is 16.6. The standard InChI is InChI=1S/C15H9NO6/c17-9-2-4-13(16(20)21)8(5-9)6-14-11-3-1-10(18)7-12(11)15(19)22-14/h1-7,17-18H/b14-6+. The molecule has 0 aliphatic carbocycles. The maximum Gasteiger partial charge on any atom is 0.344 e. The largest absolute Gasteiger partial charge is 0.508 e. The molecule has 0 saturated carbocycles. The maximum atomic E-state index is 11.7. The number of hydrogen-bond acceptors (Lipinski definition) is 6. The second-order valence-corrected chi connectivity index (χ2v) is 4.63. The molecule has 0 saturated heterocycles. The van der Waals surface area contributed by atoms with E-state index in [0.29, 0.717) is 5.56 Å². The summed E-state index contributed by atoms with van der Waals surface area (Å²) in [5.41, 5.74) is 0.469. The molecule has 110 valence electrons. The third-order valence-corrected chi connectivity index (χ3v) is 3.19. The van der Waals surface area contributed by atoms with Crippen LogP contribution >= 0.6 is 0 Å². The van der Waals surface area contributed by atoms with Gasteiger partial charge in [0.15, 0.2) is 0 Å². The predicted octanol–water partition coefficient (Wildman–Crippen LogP) is 2.67. The minimum Gasteiger partial charge on any atom is -0.508 e. The number of phenols is 2. The third kappa shape index (κ3) is 2.24. The Bertz CT molecular complexity index is 840. The molecule has 0 unspecified atom stereocenters. The van der Waals surface area contributed by atoms with Crippen molar-refractivity contribution in [1.29, 1.82) is 0 Å². The van der Waals surface area contributed by atoms with Gasteiger partial charge in [0.1, 0.15) is 17.3 Å². The van der Waals surface area contributed by atoms with Crippen LogP contribution < -0.4 is 0 Å². The summed E-state index contributed by atoms with van der Waals surface area (Å²) in [5, 5.41) is 29.9. The van der Waals surface area contributed by atoms with Crippen LogP contribution in [0.2, 0.25) is 0 Å². The van der Waals surface area contributed by atoms with E-state index in [9.17, 15) is 25.1 Å². The SMILES string of the molecule is O=C1O/C(=C/c2cc(O)ccc2[N+](=O)[O-])c2ccc(O)cc21. The molecule has 2 N–H and O–H groups in total. The number of cyclic esters (lactones) is 1. The Hall–Kier alpha value is -3.35. The Morgan fingerprint density at radius 2 is 1.73 bits per heavy atom. The normalized spacial score (nSPS) is 14.7. The van der Waals surface area contributed by atoms with Gasteiger partial charge in [-0.25, -0.2) is 4.79 Å². The molecule has 1 aliphatic rings. The van der Waals surface area contributed by atoms with Crippen LogP contribution in [-0.4, -0.2) is 21.1 Å². The van der Waals surface area contributed by atoms with Crippen molar-refractivity contribution in [2.45, 2.75) is 0 Å². The van der Waals surface area contributed by atoms with E-state index in [1.54, 1.807) is 0 Å². The zero-order valence-electron chi connectivity index (χ0n) is 11.0. The average molecular weight is 299 g/mol. The number of phenolic OH excluding ortho intramolecular Hbond substituents is 2. The van der Waals surface area contributed by atoms with Gasteiger partial charge in [0, 0.05) is 11.6 Å². The molecule has 0 atom stereocenters. The van der Waals surface area contributed by atoms with Crippen LogP contribution in [0.3, 0.4) is 0 Å². The van der Waals surface area contributed by atoms with Crippen molar-refractivity contribution < 1.29 is 24.7 Å². The van der Waals surface area contributed by atoms with Crippen molar-refractivity contribution >= 4 is 23.5 Å². The van der Waals surface area contributed by atoms with Gasteiger partial charge in [-0.15, -0.1) is 0 Å². The Kier molecular flexibility index (Phi) is 3.03. The number of fused-ring (bicyclic) bond motifs is 1. The fraction of sp³-hybridized carbons (Fsp3) is 0. The molecule has 0 amide bonds. The van der Waals surface area contributed by atoms with Crippen molar-refractivity contribution in [3.63, 3.8) is 0 Å². The lowest BCUT2D eigenvalue weighted by Gasteiger charge is -2.02. The van der Waals surface area contributed by atoms with Gasteiger partial charge in [0.2, 0.25) is 0 Å². The molecule has 0 aromatic heterocycles. The highest BCUT2D eigenvalue weighted by Crippen LogP contribution is 2.35. The fourth-order valence-corrected chi connectivity index (χ4v) is 2.20. The summed E-state index contributed by atoms with van der Waals surface area (Å²) in [4.78, 5) is 22.2. The molecule has 0 bridgehead atoms. The molecule has 2 aromatic carbocycles. The lowest BCUT2D eigenvalue weighted by Crippen LogP contribution is -1.93. The first-order chi connectivity index (χ1) is 10.5. The topological polar surface area (TPSA) is 110 Å². The first-order valence-corrected chi connectivity index (χ1v) is 6.20. The summed E-state index contributed by atoms with van der Waals surface area (Å²) in [6.07, 6.45) is 1.30. The monoisotopic (exact) mass is 299 g/mol. The summed E-state index contributed by atoms with van der Waals surface area (Å²) >= 11 is 0. The molecule has 3 rings (SSSR count). The van der Waals surface area contributed by atoms with Crippen LogP contribution in [0, 0.1) is 10.1 Å². The minimum atomic E-state index is -0.653. The minimum absolute atomic E-state index is 0.0831. The van der Waals surface area contributed by atoms with E-state index in [0.717, 1.165) is 6.07 Å². The van der Waals surface area contributed by atoms with Gasteiger partial charge in [-0.05, 0) is 36.4 Å². The number of nitrogens with zero attached hydrogens (tertiary/aromatic N) is 1. The number of rotatable bonds is 2. The van der Waals surface area contributed by atoms with E-state index in [1.165, 1.54) is 36.4 Å². The second kappa shape index (κ2) is 4.88. The highest BCUT2D eigenvalue weighted by Gasteiger charge is 2.27. The van der Waals surface area contributed by atoms with Crippen LogP contribution in [0.4, 0.5) is 5.69 Å². The van der Waals surface area contributed by atoms with Crippen LogP contribution in [0.5, 0.6) is 11.5 Å². The van der Waals surface area contributed by atoms with E-state index in [2.05, 4.69) is 0 Å². The summed E-state index contributed by atoms with van der Waals surface area (Å²) in [6.45, 7) is 0. The molecular formula is C15H9NO6. The van der Waals surface area contributed by atoms with Gasteiger partial charge in [0.25, 0.3) is 5.69 Å². The number of esters is 1. The number of carbonyl (C=O) groups is 1. The molecule has 22 heavy (non-hydrogen) atoms. The predicted molar refractivity (Wildman–Crippen MR) is 76.2 cm³/mol.